The maximum Gasteiger partial charge on any atom is 0.132 e. The van der Waals surface area contributed by atoms with Gasteiger partial charge in [-0.2, -0.15) is 5.10 Å². The van der Waals surface area contributed by atoms with Crippen LogP contribution in [-0.4, -0.2) is 15.8 Å². The van der Waals surface area contributed by atoms with Crippen molar-refractivity contribution in [1.82, 2.24) is 9.55 Å². The number of hydrogen-bond acceptors (Lipinski definition) is 2. The Balaban J connectivity index is 1.58. The number of para-hydroxylation sites is 2. The van der Waals surface area contributed by atoms with Crippen LogP contribution in [0.5, 0.6) is 0 Å². The van der Waals surface area contributed by atoms with Gasteiger partial charge in [-0.05, 0) is 55.0 Å². The summed E-state index contributed by atoms with van der Waals surface area (Å²) in [6.45, 7) is 3.14. The molecule has 3 aromatic carbocycles. The summed E-state index contributed by atoms with van der Waals surface area (Å²) in [5, 5.41) is 9.25. The minimum atomic E-state index is 0.927. The van der Waals surface area contributed by atoms with Gasteiger partial charge in [0.25, 0.3) is 0 Å². The van der Waals surface area contributed by atoms with Crippen LogP contribution < -0.4 is 5.01 Å². The Hall–Kier alpha value is -3.79. The maximum atomic E-state index is 4.79. The predicted molar refractivity (Wildman–Crippen MR) is 122 cm³/mol. The van der Waals surface area contributed by atoms with Crippen LogP contribution in [0.4, 0.5) is 11.5 Å². The molecule has 0 amide bonds. The summed E-state index contributed by atoms with van der Waals surface area (Å²) in [4.78, 5) is 3.25. The third-order valence-electron chi connectivity index (χ3n) is 5.25. The lowest BCUT2D eigenvalue weighted by molar-refractivity contribution is 0.827. The monoisotopic (exact) mass is 378 g/mol. The lowest BCUT2D eigenvalue weighted by Gasteiger charge is -2.17. The standard InChI is InChI=1S/C25H22N4/c1-2-28-23-12-7-6-11-21(23)22-17-19(14-15-24(22)28)18-27-29(25-13-8-16-26-25)20-9-4-3-5-10-20/h3-18,26H,2H2,1H3. The molecule has 0 aliphatic heterocycles. The number of hydrazone groups is 1. The highest BCUT2D eigenvalue weighted by atomic mass is 15.5. The molecule has 5 aromatic rings. The van der Waals surface area contributed by atoms with Gasteiger partial charge in [0.15, 0.2) is 0 Å². The van der Waals surface area contributed by atoms with Crippen LogP contribution in [0, 0.1) is 0 Å². The van der Waals surface area contributed by atoms with Crippen molar-refractivity contribution in [2.75, 3.05) is 5.01 Å². The minimum Gasteiger partial charge on any atom is -0.347 e. The normalized spacial score (nSPS) is 11.6. The van der Waals surface area contributed by atoms with Gasteiger partial charge in [-0.15, -0.1) is 0 Å². The molecule has 2 aromatic heterocycles. The van der Waals surface area contributed by atoms with Crippen molar-refractivity contribution in [2.24, 2.45) is 5.10 Å². The molecule has 0 bridgehead atoms. The largest absolute Gasteiger partial charge is 0.347 e. The topological polar surface area (TPSA) is 36.3 Å². The summed E-state index contributed by atoms with van der Waals surface area (Å²) in [6, 6.07) is 29.3. The van der Waals surface area contributed by atoms with E-state index in [1.165, 1.54) is 21.8 Å². The van der Waals surface area contributed by atoms with Crippen LogP contribution in [0.1, 0.15) is 12.5 Å². The first-order chi connectivity index (χ1) is 14.3. The van der Waals surface area contributed by atoms with Crippen molar-refractivity contribution in [1.29, 1.82) is 0 Å². The second kappa shape index (κ2) is 7.32. The SMILES string of the molecule is CCn1c2ccccc2c2cc(C=NN(c3ccccc3)c3ccc[nH]3)ccc21. The number of aromatic nitrogens is 2. The van der Waals surface area contributed by atoms with Crippen molar-refractivity contribution in [3.05, 3.63) is 96.7 Å². The summed E-state index contributed by atoms with van der Waals surface area (Å²) in [5.41, 5.74) is 4.62. The molecule has 4 heteroatoms. The summed E-state index contributed by atoms with van der Waals surface area (Å²) < 4.78 is 2.36. The number of H-pyrrole nitrogens is 1. The zero-order chi connectivity index (χ0) is 19.6. The number of anilines is 2. The van der Waals surface area contributed by atoms with Crippen molar-refractivity contribution in [3.63, 3.8) is 0 Å². The van der Waals surface area contributed by atoms with Crippen LogP contribution in [0.15, 0.2) is 96.2 Å². The summed E-state index contributed by atoms with van der Waals surface area (Å²) in [6.07, 6.45) is 3.83. The van der Waals surface area contributed by atoms with Crippen LogP contribution >= 0.6 is 0 Å². The molecule has 0 spiro atoms. The van der Waals surface area contributed by atoms with E-state index in [2.05, 4.69) is 71.1 Å². The van der Waals surface area contributed by atoms with Gasteiger partial charge in [0, 0.05) is 34.5 Å². The number of aryl methyl sites for hydroxylation is 1. The zero-order valence-corrected chi connectivity index (χ0v) is 16.3. The molecule has 29 heavy (non-hydrogen) atoms. The minimum absolute atomic E-state index is 0.927. The highest BCUT2D eigenvalue weighted by Gasteiger charge is 2.10. The molecule has 0 saturated heterocycles. The van der Waals surface area contributed by atoms with E-state index in [0.29, 0.717) is 0 Å². The van der Waals surface area contributed by atoms with Crippen molar-refractivity contribution < 1.29 is 0 Å². The number of hydrogen-bond donors (Lipinski definition) is 1. The zero-order valence-electron chi connectivity index (χ0n) is 16.3. The Morgan fingerprint density at radius 2 is 1.66 bits per heavy atom. The van der Waals surface area contributed by atoms with Crippen LogP contribution in [0.3, 0.4) is 0 Å². The van der Waals surface area contributed by atoms with Crippen molar-refractivity contribution in [3.8, 4) is 0 Å². The van der Waals surface area contributed by atoms with Gasteiger partial charge in [-0.25, -0.2) is 5.01 Å². The Kier molecular flexibility index (Phi) is 4.37. The Morgan fingerprint density at radius 1 is 0.862 bits per heavy atom. The molecule has 0 saturated carbocycles. The third kappa shape index (κ3) is 3.09. The third-order valence-corrected chi connectivity index (χ3v) is 5.25. The second-order valence-corrected chi connectivity index (χ2v) is 6.99. The number of fused-ring (bicyclic) bond motifs is 3. The molecule has 142 valence electrons. The Bertz CT molecular complexity index is 1280. The number of rotatable bonds is 5. The summed E-state index contributed by atoms with van der Waals surface area (Å²) in [5.74, 6) is 0.927. The van der Waals surface area contributed by atoms with Gasteiger partial charge in [0.2, 0.25) is 0 Å². The lowest BCUT2D eigenvalue weighted by Crippen LogP contribution is -2.09. The van der Waals surface area contributed by atoms with E-state index < -0.39 is 0 Å². The molecule has 0 radical (unpaired) electrons. The molecule has 5 rings (SSSR count). The van der Waals surface area contributed by atoms with Gasteiger partial charge < -0.3 is 9.55 Å². The second-order valence-electron chi connectivity index (χ2n) is 6.99. The molecule has 1 N–H and O–H groups in total. The van der Waals surface area contributed by atoms with E-state index >= 15 is 0 Å². The number of benzene rings is 3. The van der Waals surface area contributed by atoms with E-state index in [1.54, 1.807) is 0 Å². The Labute approximate surface area is 169 Å². The predicted octanol–water partition coefficient (Wildman–Crippen LogP) is 6.31. The van der Waals surface area contributed by atoms with Crippen LogP contribution in [0.2, 0.25) is 0 Å². The number of nitrogens with one attached hydrogen (secondary N) is 1. The molecule has 2 heterocycles. The smallest absolute Gasteiger partial charge is 0.132 e. The van der Waals surface area contributed by atoms with Crippen molar-refractivity contribution in [2.45, 2.75) is 13.5 Å². The molecular formula is C25H22N4. The summed E-state index contributed by atoms with van der Waals surface area (Å²) >= 11 is 0. The highest BCUT2D eigenvalue weighted by molar-refractivity contribution is 6.09. The van der Waals surface area contributed by atoms with E-state index in [-0.39, 0.29) is 0 Å². The molecule has 0 atom stereocenters. The maximum absolute atomic E-state index is 4.79. The Morgan fingerprint density at radius 3 is 2.45 bits per heavy atom. The molecule has 0 unspecified atom stereocenters. The van der Waals surface area contributed by atoms with Gasteiger partial charge in [-0.3, -0.25) is 0 Å². The van der Waals surface area contributed by atoms with E-state index in [0.717, 1.165) is 23.6 Å². The highest BCUT2D eigenvalue weighted by Crippen LogP contribution is 2.30. The molecule has 0 aliphatic rings. The van der Waals surface area contributed by atoms with Crippen molar-refractivity contribution >= 4 is 39.5 Å². The van der Waals surface area contributed by atoms with Crippen LogP contribution in [0.25, 0.3) is 21.8 Å². The van der Waals surface area contributed by atoms with Gasteiger partial charge in [0.05, 0.1) is 11.9 Å². The van der Waals surface area contributed by atoms with E-state index in [9.17, 15) is 0 Å². The van der Waals surface area contributed by atoms with Crippen LogP contribution in [-0.2, 0) is 6.54 Å². The van der Waals surface area contributed by atoms with Gasteiger partial charge in [-0.1, -0.05) is 42.5 Å². The first kappa shape index (κ1) is 17.3. The quantitative estimate of drug-likeness (QED) is 0.282. The average molecular weight is 378 g/mol. The molecule has 0 fully saturated rings. The van der Waals surface area contributed by atoms with Gasteiger partial charge >= 0.3 is 0 Å². The summed E-state index contributed by atoms with van der Waals surface area (Å²) in [7, 11) is 0. The van der Waals surface area contributed by atoms with Gasteiger partial charge in [0.1, 0.15) is 5.82 Å². The van der Waals surface area contributed by atoms with E-state index in [4.69, 9.17) is 5.10 Å². The number of aromatic amines is 1. The van der Waals surface area contributed by atoms with E-state index in [1.807, 2.05) is 47.8 Å². The first-order valence-corrected chi connectivity index (χ1v) is 9.88. The molecular weight excluding hydrogens is 356 g/mol. The fraction of sp³-hybridized carbons (Fsp3) is 0.0800. The average Bonchev–Trinajstić information content (AvgIpc) is 3.41. The fourth-order valence-corrected chi connectivity index (χ4v) is 3.91. The molecule has 4 nitrogen and oxygen atoms in total. The number of nitrogens with zero attached hydrogens (tertiary/aromatic N) is 3. The fourth-order valence-electron chi connectivity index (χ4n) is 3.91. The molecule has 0 aliphatic carbocycles. The lowest BCUT2D eigenvalue weighted by atomic mass is 10.1. The first-order valence-electron chi connectivity index (χ1n) is 9.88.